The predicted molar refractivity (Wildman–Crippen MR) is 568 cm³/mol. The van der Waals surface area contributed by atoms with Crippen molar-refractivity contribution in [3.63, 3.8) is 0 Å². The number of fused-ring (bicyclic) bond motifs is 25. The highest BCUT2D eigenvalue weighted by atomic mass is 16.4. The van der Waals surface area contributed by atoms with Gasteiger partial charge in [-0.3, -0.25) is 0 Å². The number of aryl methyl sites for hydroxylation is 11. The van der Waals surface area contributed by atoms with Crippen LogP contribution >= 0.6 is 0 Å². The number of benzene rings is 10. The first-order valence-electron chi connectivity index (χ1n) is 51.5. The molecular weight excluding hydrogens is 1720 g/mol. The Morgan fingerprint density at radius 1 is 0.279 bits per heavy atom. The van der Waals surface area contributed by atoms with Crippen LogP contribution in [0.15, 0.2) is 333 Å². The fraction of sp³-hybridized carbons (Fsp3) is 0.200. The summed E-state index contributed by atoms with van der Waals surface area (Å²) in [6.07, 6.45) is 28.6. The summed E-state index contributed by atoms with van der Waals surface area (Å²) >= 11 is 0. The van der Waals surface area contributed by atoms with Gasteiger partial charge in [0.25, 0.3) is 0 Å². The summed E-state index contributed by atoms with van der Waals surface area (Å²) < 4.78 is 92.5. The molecule has 15 nitrogen and oxygen atoms in total. The van der Waals surface area contributed by atoms with Gasteiger partial charge in [0.05, 0.1) is 27.8 Å². The molecule has 15 heterocycles. The Bertz CT molecular complexity index is 9620. The smallest absolute Gasteiger partial charge is 0.227 e. The average molecular weight is 1840 g/mol. The quantitative estimate of drug-likeness (QED) is 0.135. The van der Waals surface area contributed by atoms with E-state index in [2.05, 4.69) is 314 Å². The van der Waals surface area contributed by atoms with Crippen molar-refractivity contribution in [2.24, 2.45) is 35.2 Å². The van der Waals surface area contributed by atoms with Gasteiger partial charge in [0, 0.05) is 181 Å². The van der Waals surface area contributed by atoms with Crippen molar-refractivity contribution >= 4 is 164 Å². The molecule has 10 aromatic carbocycles. The Kier molecular flexibility index (Phi) is 21.0. The molecule has 2 fully saturated rings. The van der Waals surface area contributed by atoms with E-state index in [1.807, 2.05) is 84.5 Å². The highest BCUT2D eigenvalue weighted by Gasteiger charge is 2.33. The molecule has 0 radical (unpaired) electrons. The molecule has 27 rings (SSSR count). The van der Waals surface area contributed by atoms with Crippen molar-refractivity contribution in [3.05, 3.63) is 361 Å². The van der Waals surface area contributed by atoms with Crippen molar-refractivity contribution in [1.82, 2.24) is 24.9 Å². The van der Waals surface area contributed by atoms with E-state index in [1.165, 1.54) is 96.3 Å². The highest BCUT2D eigenvalue weighted by Crippen LogP contribution is 2.51. The number of rotatable bonds is 8. The molecule has 15 aromatic heterocycles. The van der Waals surface area contributed by atoms with Gasteiger partial charge in [-0.2, -0.15) is 0 Å². The second kappa shape index (κ2) is 36.2. The highest BCUT2D eigenvalue weighted by molar-refractivity contribution is 6.27. The summed E-state index contributed by atoms with van der Waals surface area (Å²) in [5.41, 5.74) is 28.8. The lowest BCUT2D eigenvalue weighted by Gasteiger charge is -2.22. The third-order valence-electron chi connectivity index (χ3n) is 29.3. The molecule has 0 N–H and O–H groups in total. The molecular formula is C125H111N10O5+5. The van der Waals surface area contributed by atoms with Gasteiger partial charge in [0.2, 0.25) is 57.0 Å². The van der Waals surface area contributed by atoms with Crippen LogP contribution < -0.4 is 22.8 Å². The first-order valence-corrected chi connectivity index (χ1v) is 48.5. The van der Waals surface area contributed by atoms with Crippen LogP contribution in [0.2, 0.25) is 0 Å². The largest absolute Gasteiger partial charge is 0.437 e. The molecule has 25 aromatic rings. The van der Waals surface area contributed by atoms with Crippen LogP contribution in [-0.2, 0) is 35.2 Å². The molecule has 686 valence electrons. The van der Waals surface area contributed by atoms with Crippen LogP contribution in [0.1, 0.15) is 148 Å². The number of nitrogens with zero attached hydrogens (tertiary/aromatic N) is 10. The fourth-order valence-corrected chi connectivity index (χ4v) is 22.3. The lowest BCUT2D eigenvalue weighted by Crippen LogP contribution is -2.31. The van der Waals surface area contributed by atoms with Crippen LogP contribution in [0, 0.1) is 41.5 Å². The van der Waals surface area contributed by atoms with E-state index in [9.17, 15) is 1.37 Å². The molecule has 0 spiro atoms. The number of furan rings is 5. The second-order valence-electron chi connectivity index (χ2n) is 37.8. The lowest BCUT2D eigenvalue weighted by atomic mass is 9.83. The monoisotopic (exact) mass is 1840 g/mol. The summed E-state index contributed by atoms with van der Waals surface area (Å²) in [6, 6.07) is 85.0. The van der Waals surface area contributed by atoms with Crippen LogP contribution in [0.4, 0.5) is 0 Å². The van der Waals surface area contributed by atoms with Crippen molar-refractivity contribution < 1.29 is 53.1 Å². The van der Waals surface area contributed by atoms with E-state index >= 15 is 0 Å². The molecule has 2 saturated carbocycles. The third-order valence-corrected chi connectivity index (χ3v) is 29.3. The molecule has 1 atom stereocenters. The standard InChI is InChI=1S/C28H27N2O.C27H25N2O.C25H23N2O.C23H19N2O.C22H17N2O/c1-18-21-11-6-7-12-22(21)27-26(23-13-8-15-29-28(23)31-27)25(18)24-17-20(14-16-30(24)2)19-9-4-3-5-10-19;1-17-20-10-5-6-11-21(20)26-25(22-12-7-14-28-27(22)30-26)24(17)23-16-19(13-15-29(23)2)18-8-3-4-9-18;1-15(2)17-11-13-27(4)21(14-17)22-16(3)18-8-5-6-9-19(18)24-23(22)20-10-7-12-26-25(20)28-24;1-14-10-12-25(3)19(13-14)20-15(2)16-7-4-5-8-17(16)22-21(20)18-9-6-11-24-23(18)26-22;1-14-15-8-3-4-9-16(15)21-20(17-10-7-12-23-22(17)25-21)19(14)18-11-5-6-13-24(18)2/h6-8,11-17,19H,3-5,9-10H2,1-2H3;5-7,10-16,18H,3-4,8-9H2,1-2H3;5-15H,1-4H3;4-13H,1-3H3;3-13H,1-2H3/q5*+1/i19D;18D;1D3,15D;;. The summed E-state index contributed by atoms with van der Waals surface area (Å²) in [6.45, 7) is 12.0. The maximum atomic E-state index is 9.20. The number of hydrogen-bond donors (Lipinski definition) is 0. The zero-order valence-electron chi connectivity index (χ0n) is 86.8. The Morgan fingerprint density at radius 3 is 0.850 bits per heavy atom. The van der Waals surface area contributed by atoms with E-state index in [0.717, 1.165) is 205 Å². The molecule has 1 unspecified atom stereocenters. The van der Waals surface area contributed by atoms with E-state index < -0.39 is 24.5 Å². The van der Waals surface area contributed by atoms with E-state index in [0.29, 0.717) is 34.1 Å². The SMILES string of the molecule is Cc1c(-c2cccc[n+]2C)c2c3cccnc3oc2c2ccccc12.Cc1cc[n+](C)c(-c2c(C)c3ccccc3c3oc4ncccc4c23)c1.[2H]C([2H])([2H])C([2H])(C)c1cc[n+](C)c(-c2c(C)c3ccccc3c3oc4ncccc4c23)c1.[2H]C1(c2cc[n+](C)c(-c3c(C)c4ccccc4c4oc5ncccc5c34)c2)CCCC1.[2H]C1(c2cc[n+](C)c(-c3c(C)c4ccccc4c4oc5ncccc5c34)c2)CCCCC1. The minimum atomic E-state index is -2.45. The minimum absolute atomic E-state index is 0.442. The minimum Gasteiger partial charge on any atom is -0.437 e. The van der Waals surface area contributed by atoms with Crippen LogP contribution in [0.3, 0.4) is 0 Å². The fourth-order valence-electron chi connectivity index (χ4n) is 22.3. The maximum Gasteiger partial charge on any atom is 0.227 e. The maximum absolute atomic E-state index is 9.20. The van der Waals surface area contributed by atoms with Crippen molar-refractivity contribution in [3.8, 4) is 56.3 Å². The van der Waals surface area contributed by atoms with E-state index in [1.54, 1.807) is 37.1 Å². The number of hydrogen-bond acceptors (Lipinski definition) is 10. The van der Waals surface area contributed by atoms with E-state index in [-0.39, 0.29) is 0 Å². The predicted octanol–water partition coefficient (Wildman–Crippen LogP) is 29.8. The van der Waals surface area contributed by atoms with Gasteiger partial charge < -0.3 is 22.1 Å². The van der Waals surface area contributed by atoms with Gasteiger partial charge in [0.1, 0.15) is 63.2 Å². The molecule has 0 bridgehead atoms. The molecule has 2 aliphatic carbocycles. The van der Waals surface area contributed by atoms with Crippen LogP contribution in [0.25, 0.3) is 220 Å². The number of aromatic nitrogens is 10. The summed E-state index contributed by atoms with van der Waals surface area (Å²) in [4.78, 5) is 22.3. The Balaban J connectivity index is 0.000000101. The molecule has 0 amide bonds. The Hall–Kier alpha value is -16.0. The van der Waals surface area contributed by atoms with Crippen molar-refractivity contribution in [2.75, 3.05) is 0 Å². The molecule has 140 heavy (non-hydrogen) atoms. The van der Waals surface area contributed by atoms with Gasteiger partial charge in [-0.05, 0) is 229 Å². The average Bonchev–Trinajstić information content (AvgIpc) is 1.56. The summed E-state index contributed by atoms with van der Waals surface area (Å²) in [5, 5.41) is 21.9. The second-order valence-corrected chi connectivity index (χ2v) is 37.8. The number of pyridine rings is 10. The van der Waals surface area contributed by atoms with Gasteiger partial charge >= 0.3 is 0 Å². The Labute approximate surface area is 820 Å². The molecule has 2 aliphatic rings. The molecule has 0 saturated heterocycles. The van der Waals surface area contributed by atoms with Crippen LogP contribution in [-0.4, -0.2) is 24.9 Å². The normalized spacial score (nSPS) is 14.8. The first-order chi connectivity index (χ1) is 70.6. The van der Waals surface area contributed by atoms with Crippen molar-refractivity contribution in [1.29, 1.82) is 0 Å². The van der Waals surface area contributed by atoms with Gasteiger partial charge in [-0.25, -0.2) is 47.8 Å². The first kappa shape index (κ1) is 81.2. The summed E-state index contributed by atoms with van der Waals surface area (Å²) in [7, 11) is 10.3. The van der Waals surface area contributed by atoms with Gasteiger partial charge in [-0.15, -0.1) is 0 Å². The molecule has 0 aliphatic heterocycles. The van der Waals surface area contributed by atoms with Gasteiger partial charge in [0.15, 0.2) is 31.0 Å². The van der Waals surface area contributed by atoms with E-state index in [4.69, 9.17) is 28.9 Å². The zero-order valence-corrected chi connectivity index (χ0v) is 80.8. The zero-order chi connectivity index (χ0) is 101. The summed E-state index contributed by atoms with van der Waals surface area (Å²) in [5.74, 6) is -2.71. The molecule has 15 heteroatoms. The third kappa shape index (κ3) is 15.1. The topological polar surface area (TPSA) is 150 Å². The Morgan fingerprint density at radius 2 is 0.536 bits per heavy atom. The van der Waals surface area contributed by atoms with Gasteiger partial charge in [-0.1, -0.05) is 167 Å². The van der Waals surface area contributed by atoms with Crippen molar-refractivity contribution in [2.45, 2.75) is 131 Å². The van der Waals surface area contributed by atoms with Crippen LogP contribution in [0.5, 0.6) is 0 Å². The lowest BCUT2D eigenvalue weighted by molar-refractivity contribution is -0.660.